The molecule has 1 aliphatic carbocycles. The molecule has 0 N–H and O–H groups in total. The minimum Gasteiger partial charge on any atom is -0.298 e. The number of carbonyl (C=O) groups is 1. The third kappa shape index (κ3) is 2.45. The van der Waals surface area contributed by atoms with Crippen LogP contribution in [0.2, 0.25) is 25.7 Å². The first-order chi connectivity index (χ1) is 6.40. The van der Waals surface area contributed by atoms with Gasteiger partial charge in [-0.3, -0.25) is 4.79 Å². The standard InChI is InChI=1S/C11H19NOSi/c1-14(2,3)9-11(8-12)7-5-4-6-10(11)13/h4-7,9H2,1-3H3. The molecular weight excluding hydrogens is 190 g/mol. The van der Waals surface area contributed by atoms with E-state index in [1.54, 1.807) is 0 Å². The summed E-state index contributed by atoms with van der Waals surface area (Å²) in [6.45, 7) is 6.69. The molecule has 0 aromatic rings. The van der Waals surface area contributed by atoms with E-state index < -0.39 is 13.5 Å². The second kappa shape index (κ2) is 3.86. The summed E-state index contributed by atoms with van der Waals surface area (Å²) in [5.41, 5.74) is -0.608. The van der Waals surface area contributed by atoms with Crippen LogP contribution in [0.5, 0.6) is 0 Å². The maximum atomic E-state index is 11.8. The number of ketones is 1. The molecule has 1 aliphatic rings. The second-order valence-electron chi connectivity index (χ2n) is 5.56. The average Bonchev–Trinajstić information content (AvgIpc) is 2.07. The Labute approximate surface area is 87.3 Å². The van der Waals surface area contributed by atoms with Crippen molar-refractivity contribution in [3.8, 4) is 6.07 Å². The van der Waals surface area contributed by atoms with Gasteiger partial charge >= 0.3 is 0 Å². The van der Waals surface area contributed by atoms with Gasteiger partial charge in [-0.1, -0.05) is 26.1 Å². The number of hydrogen-bond donors (Lipinski definition) is 0. The molecule has 0 aliphatic heterocycles. The van der Waals surface area contributed by atoms with Crippen LogP contribution in [0.1, 0.15) is 25.7 Å². The van der Waals surface area contributed by atoms with Gasteiger partial charge in [0, 0.05) is 14.5 Å². The van der Waals surface area contributed by atoms with Crippen LogP contribution >= 0.6 is 0 Å². The van der Waals surface area contributed by atoms with Gasteiger partial charge in [0.05, 0.1) is 6.07 Å². The molecule has 0 amide bonds. The smallest absolute Gasteiger partial charge is 0.152 e. The topological polar surface area (TPSA) is 40.9 Å². The molecule has 0 aromatic heterocycles. The van der Waals surface area contributed by atoms with Gasteiger partial charge in [0.1, 0.15) is 5.41 Å². The molecule has 0 spiro atoms. The van der Waals surface area contributed by atoms with Crippen LogP contribution in [0.3, 0.4) is 0 Å². The van der Waals surface area contributed by atoms with Gasteiger partial charge in [-0.05, 0) is 18.9 Å². The van der Waals surface area contributed by atoms with E-state index in [9.17, 15) is 10.1 Å². The summed E-state index contributed by atoms with van der Waals surface area (Å²) in [5, 5.41) is 9.23. The Morgan fingerprint density at radius 2 is 2.07 bits per heavy atom. The molecule has 2 nitrogen and oxygen atoms in total. The van der Waals surface area contributed by atoms with Gasteiger partial charge in [-0.15, -0.1) is 0 Å². The molecule has 0 aromatic carbocycles. The Kier molecular flexibility index (Phi) is 3.16. The van der Waals surface area contributed by atoms with E-state index in [4.69, 9.17) is 0 Å². The number of hydrogen-bond acceptors (Lipinski definition) is 2. The zero-order valence-corrected chi connectivity index (χ0v) is 10.4. The Hall–Kier alpha value is -0.623. The van der Waals surface area contributed by atoms with Gasteiger partial charge in [0.2, 0.25) is 0 Å². The average molecular weight is 209 g/mol. The summed E-state index contributed by atoms with van der Waals surface area (Å²) < 4.78 is 0. The summed E-state index contributed by atoms with van der Waals surface area (Å²) in [6, 6.07) is 3.15. The first-order valence-electron chi connectivity index (χ1n) is 5.34. The molecule has 0 radical (unpaired) electrons. The monoisotopic (exact) mass is 209 g/mol. The van der Waals surface area contributed by atoms with Crippen LogP contribution in [-0.2, 0) is 4.79 Å². The molecule has 3 heteroatoms. The molecule has 78 valence electrons. The van der Waals surface area contributed by atoms with Crippen molar-refractivity contribution in [3.63, 3.8) is 0 Å². The van der Waals surface area contributed by atoms with E-state index >= 15 is 0 Å². The molecule has 0 saturated heterocycles. The maximum absolute atomic E-state index is 11.8. The van der Waals surface area contributed by atoms with Crippen LogP contribution in [0.15, 0.2) is 0 Å². The minimum atomic E-state index is -1.32. The maximum Gasteiger partial charge on any atom is 0.152 e. The van der Waals surface area contributed by atoms with E-state index in [1.807, 2.05) is 0 Å². The number of nitriles is 1. The zero-order chi connectivity index (χ0) is 10.8. The molecule has 1 unspecified atom stereocenters. The van der Waals surface area contributed by atoms with Gasteiger partial charge in [-0.25, -0.2) is 0 Å². The highest BCUT2D eigenvalue weighted by Gasteiger charge is 2.43. The lowest BCUT2D eigenvalue weighted by Crippen LogP contribution is -2.39. The number of Topliss-reactive ketones (excluding diaryl/α,β-unsaturated/α-hetero) is 1. The lowest BCUT2D eigenvalue weighted by Gasteiger charge is -2.33. The van der Waals surface area contributed by atoms with Crippen molar-refractivity contribution in [2.45, 2.75) is 51.4 Å². The van der Waals surface area contributed by atoms with Gasteiger partial charge in [0.15, 0.2) is 5.78 Å². The molecule has 1 fully saturated rings. The highest BCUT2D eigenvalue weighted by atomic mass is 28.3. The van der Waals surface area contributed by atoms with E-state index in [0.29, 0.717) is 6.42 Å². The Morgan fingerprint density at radius 3 is 2.50 bits per heavy atom. The van der Waals surface area contributed by atoms with E-state index in [0.717, 1.165) is 25.3 Å². The number of rotatable bonds is 2. The van der Waals surface area contributed by atoms with Gasteiger partial charge in [0.25, 0.3) is 0 Å². The molecule has 1 saturated carbocycles. The molecule has 0 heterocycles. The van der Waals surface area contributed by atoms with Crippen molar-refractivity contribution >= 4 is 13.9 Å². The Bertz CT molecular complexity index is 274. The normalized spacial score (nSPS) is 28.6. The van der Waals surface area contributed by atoms with Crippen molar-refractivity contribution in [1.82, 2.24) is 0 Å². The summed E-state index contributed by atoms with van der Waals surface area (Å²) in [6.07, 6.45) is 3.45. The second-order valence-corrected chi connectivity index (χ2v) is 11.0. The summed E-state index contributed by atoms with van der Waals surface area (Å²) >= 11 is 0. The quantitative estimate of drug-likeness (QED) is 0.656. The fourth-order valence-electron chi connectivity index (χ4n) is 2.34. The molecule has 0 bridgehead atoms. The van der Waals surface area contributed by atoms with Crippen molar-refractivity contribution in [1.29, 1.82) is 5.26 Å². The van der Waals surface area contributed by atoms with E-state index in [-0.39, 0.29) is 5.78 Å². The number of carbonyl (C=O) groups excluding carboxylic acids is 1. The van der Waals surface area contributed by atoms with Crippen LogP contribution in [0, 0.1) is 16.7 Å². The molecule has 1 atom stereocenters. The van der Waals surface area contributed by atoms with Crippen molar-refractivity contribution < 1.29 is 4.79 Å². The lowest BCUT2D eigenvalue weighted by atomic mass is 9.75. The summed E-state index contributed by atoms with van der Waals surface area (Å²) in [5.74, 6) is 0.202. The summed E-state index contributed by atoms with van der Waals surface area (Å²) in [7, 11) is -1.32. The van der Waals surface area contributed by atoms with E-state index in [2.05, 4.69) is 25.7 Å². The van der Waals surface area contributed by atoms with Gasteiger partial charge < -0.3 is 0 Å². The van der Waals surface area contributed by atoms with Crippen molar-refractivity contribution in [2.75, 3.05) is 0 Å². The predicted octanol–water partition coefficient (Wildman–Crippen LogP) is 2.98. The van der Waals surface area contributed by atoms with Crippen LogP contribution in [0.4, 0.5) is 0 Å². The highest BCUT2D eigenvalue weighted by molar-refractivity contribution is 6.76. The van der Waals surface area contributed by atoms with Crippen molar-refractivity contribution in [3.05, 3.63) is 0 Å². The minimum absolute atomic E-state index is 0.202. The highest BCUT2D eigenvalue weighted by Crippen LogP contribution is 2.39. The molecular formula is C11H19NOSi. The number of nitrogens with zero attached hydrogens (tertiary/aromatic N) is 1. The molecule has 14 heavy (non-hydrogen) atoms. The first kappa shape index (κ1) is 11.5. The SMILES string of the molecule is C[Si](C)(C)CC1(C#N)CCCCC1=O. The lowest BCUT2D eigenvalue weighted by molar-refractivity contribution is -0.127. The first-order valence-corrected chi connectivity index (χ1v) is 9.05. The Balaban J connectivity index is 2.85. The summed E-state index contributed by atoms with van der Waals surface area (Å²) in [4.78, 5) is 11.8. The largest absolute Gasteiger partial charge is 0.298 e. The third-order valence-corrected chi connectivity index (χ3v) is 4.50. The Morgan fingerprint density at radius 1 is 1.43 bits per heavy atom. The van der Waals surface area contributed by atoms with Crippen molar-refractivity contribution in [2.24, 2.45) is 5.41 Å². The van der Waals surface area contributed by atoms with Crippen LogP contribution in [0.25, 0.3) is 0 Å². The zero-order valence-electron chi connectivity index (χ0n) is 9.39. The van der Waals surface area contributed by atoms with Crippen LogP contribution < -0.4 is 0 Å². The third-order valence-electron chi connectivity index (χ3n) is 2.84. The predicted molar refractivity (Wildman–Crippen MR) is 59.7 cm³/mol. The van der Waals surface area contributed by atoms with Crippen LogP contribution in [-0.4, -0.2) is 13.9 Å². The molecule has 1 rings (SSSR count). The van der Waals surface area contributed by atoms with E-state index in [1.165, 1.54) is 0 Å². The fraction of sp³-hybridized carbons (Fsp3) is 0.818. The van der Waals surface area contributed by atoms with Gasteiger partial charge in [-0.2, -0.15) is 5.26 Å². The fourth-order valence-corrected chi connectivity index (χ4v) is 4.60.